The zero-order valence-electron chi connectivity index (χ0n) is 11.2. The molecular formula is C13H20BrFIN3. The van der Waals surface area contributed by atoms with Gasteiger partial charge in [0.15, 0.2) is 5.96 Å². The average Bonchev–Trinajstić information content (AvgIpc) is 2.37. The molecule has 0 saturated heterocycles. The summed E-state index contributed by atoms with van der Waals surface area (Å²) in [6.07, 6.45) is 2.25. The highest BCUT2D eigenvalue weighted by Gasteiger charge is 2.02. The summed E-state index contributed by atoms with van der Waals surface area (Å²) in [4.78, 5) is 4.11. The lowest BCUT2D eigenvalue weighted by Crippen LogP contribution is -2.37. The largest absolute Gasteiger partial charge is 0.356 e. The number of nitrogens with zero attached hydrogens (tertiary/aromatic N) is 1. The Morgan fingerprint density at radius 2 is 2.11 bits per heavy atom. The first kappa shape index (κ1) is 18.6. The van der Waals surface area contributed by atoms with E-state index >= 15 is 0 Å². The van der Waals surface area contributed by atoms with Crippen molar-refractivity contribution in [3.63, 3.8) is 0 Å². The van der Waals surface area contributed by atoms with Crippen molar-refractivity contribution in [2.75, 3.05) is 13.6 Å². The van der Waals surface area contributed by atoms with Crippen LogP contribution in [0, 0.1) is 5.82 Å². The Morgan fingerprint density at radius 1 is 1.37 bits per heavy atom. The quantitative estimate of drug-likeness (QED) is 0.315. The van der Waals surface area contributed by atoms with E-state index in [-0.39, 0.29) is 29.8 Å². The smallest absolute Gasteiger partial charge is 0.191 e. The van der Waals surface area contributed by atoms with Gasteiger partial charge in [0.1, 0.15) is 5.82 Å². The van der Waals surface area contributed by atoms with E-state index in [2.05, 4.69) is 38.5 Å². The number of halogens is 3. The molecule has 6 heteroatoms. The Morgan fingerprint density at radius 3 is 2.68 bits per heavy atom. The zero-order valence-corrected chi connectivity index (χ0v) is 15.1. The third kappa shape index (κ3) is 7.10. The Hall–Kier alpha value is -0.370. The molecule has 0 heterocycles. The Labute approximate surface area is 139 Å². The molecule has 0 fully saturated rings. The van der Waals surface area contributed by atoms with Gasteiger partial charge in [-0.3, -0.25) is 4.99 Å². The van der Waals surface area contributed by atoms with Crippen LogP contribution in [-0.2, 0) is 6.54 Å². The number of unbranched alkanes of at least 4 members (excludes halogenated alkanes) is 1. The van der Waals surface area contributed by atoms with Gasteiger partial charge in [0.2, 0.25) is 0 Å². The van der Waals surface area contributed by atoms with E-state index in [0.717, 1.165) is 30.9 Å². The average molecular weight is 444 g/mol. The van der Waals surface area contributed by atoms with E-state index in [1.54, 1.807) is 13.1 Å². The minimum atomic E-state index is -0.247. The SMILES string of the molecule is CCCCNC(=NC)NCc1ccc(Br)c(F)c1.I. The summed E-state index contributed by atoms with van der Waals surface area (Å²) in [5, 5.41) is 6.35. The molecule has 0 unspecified atom stereocenters. The van der Waals surface area contributed by atoms with Crippen molar-refractivity contribution in [1.82, 2.24) is 10.6 Å². The van der Waals surface area contributed by atoms with E-state index in [4.69, 9.17) is 0 Å². The number of rotatable bonds is 5. The van der Waals surface area contributed by atoms with Crippen LogP contribution in [0.5, 0.6) is 0 Å². The first-order valence-electron chi connectivity index (χ1n) is 6.05. The second-order valence-electron chi connectivity index (χ2n) is 3.95. The van der Waals surface area contributed by atoms with Gasteiger partial charge >= 0.3 is 0 Å². The van der Waals surface area contributed by atoms with Gasteiger partial charge in [-0.1, -0.05) is 19.4 Å². The summed E-state index contributed by atoms with van der Waals surface area (Å²) < 4.78 is 13.8. The second kappa shape index (κ2) is 10.4. The van der Waals surface area contributed by atoms with Crippen molar-refractivity contribution in [3.05, 3.63) is 34.1 Å². The van der Waals surface area contributed by atoms with Crippen molar-refractivity contribution in [1.29, 1.82) is 0 Å². The standard InChI is InChI=1S/C13H19BrFN3.HI/c1-3-4-7-17-13(16-2)18-9-10-5-6-11(14)12(15)8-10;/h5-6,8H,3-4,7,9H2,1-2H3,(H2,16,17,18);1H. The van der Waals surface area contributed by atoms with Crippen molar-refractivity contribution >= 4 is 45.9 Å². The van der Waals surface area contributed by atoms with Crippen molar-refractivity contribution in [3.8, 4) is 0 Å². The number of guanidine groups is 1. The van der Waals surface area contributed by atoms with Gasteiger partial charge in [0.05, 0.1) is 4.47 Å². The molecule has 0 aliphatic carbocycles. The fraction of sp³-hybridized carbons (Fsp3) is 0.462. The molecule has 0 saturated carbocycles. The molecule has 0 radical (unpaired) electrons. The third-order valence-corrected chi connectivity index (χ3v) is 3.13. The fourth-order valence-electron chi connectivity index (χ4n) is 1.44. The second-order valence-corrected chi connectivity index (χ2v) is 4.81. The normalized spacial score (nSPS) is 10.8. The maximum atomic E-state index is 13.3. The van der Waals surface area contributed by atoms with Gasteiger partial charge < -0.3 is 10.6 Å². The molecule has 1 aromatic rings. The molecule has 0 bridgehead atoms. The van der Waals surface area contributed by atoms with E-state index in [1.807, 2.05) is 6.07 Å². The summed E-state index contributed by atoms with van der Waals surface area (Å²) in [6, 6.07) is 5.09. The highest BCUT2D eigenvalue weighted by molar-refractivity contribution is 14.0. The summed E-state index contributed by atoms with van der Waals surface area (Å²) in [6.45, 7) is 3.59. The van der Waals surface area contributed by atoms with Crippen LogP contribution >= 0.6 is 39.9 Å². The molecule has 0 aromatic heterocycles. The number of hydrogen-bond donors (Lipinski definition) is 2. The lowest BCUT2D eigenvalue weighted by atomic mass is 10.2. The maximum absolute atomic E-state index is 13.3. The monoisotopic (exact) mass is 443 g/mol. The minimum absolute atomic E-state index is 0. The molecule has 0 atom stereocenters. The summed E-state index contributed by atoms with van der Waals surface area (Å²) >= 11 is 3.13. The van der Waals surface area contributed by atoms with Crippen LogP contribution in [0.1, 0.15) is 25.3 Å². The highest BCUT2D eigenvalue weighted by atomic mass is 127. The molecule has 1 rings (SSSR count). The van der Waals surface area contributed by atoms with Gasteiger partial charge in [0.25, 0.3) is 0 Å². The molecule has 19 heavy (non-hydrogen) atoms. The van der Waals surface area contributed by atoms with Crippen molar-refractivity contribution < 1.29 is 4.39 Å². The Kier molecular flexibility index (Phi) is 10.2. The maximum Gasteiger partial charge on any atom is 0.191 e. The number of nitrogens with one attached hydrogen (secondary N) is 2. The van der Waals surface area contributed by atoms with Crippen LogP contribution in [0.3, 0.4) is 0 Å². The van der Waals surface area contributed by atoms with Crippen LogP contribution in [0.15, 0.2) is 27.7 Å². The minimum Gasteiger partial charge on any atom is -0.356 e. The highest BCUT2D eigenvalue weighted by Crippen LogP contribution is 2.16. The number of aliphatic imine (C=N–C) groups is 1. The first-order chi connectivity index (χ1) is 8.67. The lowest BCUT2D eigenvalue weighted by Gasteiger charge is -2.11. The molecule has 1 aromatic carbocycles. The van der Waals surface area contributed by atoms with E-state index in [9.17, 15) is 4.39 Å². The third-order valence-electron chi connectivity index (χ3n) is 2.49. The van der Waals surface area contributed by atoms with Crippen molar-refractivity contribution in [2.45, 2.75) is 26.3 Å². The first-order valence-corrected chi connectivity index (χ1v) is 6.85. The molecular weight excluding hydrogens is 424 g/mol. The summed E-state index contributed by atoms with van der Waals surface area (Å²) in [5.41, 5.74) is 0.883. The molecule has 0 spiro atoms. The van der Waals surface area contributed by atoms with E-state index in [1.165, 1.54) is 6.07 Å². The van der Waals surface area contributed by atoms with Gasteiger partial charge in [0, 0.05) is 20.1 Å². The van der Waals surface area contributed by atoms with Crippen LogP contribution < -0.4 is 10.6 Å². The zero-order chi connectivity index (χ0) is 13.4. The molecule has 3 nitrogen and oxygen atoms in total. The van der Waals surface area contributed by atoms with Gasteiger partial charge in [-0.05, 0) is 40.0 Å². The molecule has 0 aliphatic rings. The van der Waals surface area contributed by atoms with E-state index < -0.39 is 0 Å². The Bertz CT molecular complexity index is 413. The van der Waals surface area contributed by atoms with Gasteiger partial charge in [-0.2, -0.15) is 0 Å². The van der Waals surface area contributed by atoms with Crippen molar-refractivity contribution in [2.24, 2.45) is 4.99 Å². The molecule has 0 amide bonds. The molecule has 0 aliphatic heterocycles. The Balaban J connectivity index is 0.00000324. The predicted octanol–water partition coefficient (Wildman–Crippen LogP) is 3.67. The predicted molar refractivity (Wildman–Crippen MR) is 92.6 cm³/mol. The van der Waals surface area contributed by atoms with E-state index in [0.29, 0.717) is 11.0 Å². The summed E-state index contributed by atoms with van der Waals surface area (Å²) in [7, 11) is 1.73. The molecule has 108 valence electrons. The van der Waals surface area contributed by atoms with Gasteiger partial charge in [-0.25, -0.2) is 4.39 Å². The fourth-order valence-corrected chi connectivity index (χ4v) is 1.69. The van der Waals surface area contributed by atoms with Gasteiger partial charge in [-0.15, -0.1) is 24.0 Å². The number of hydrogen-bond acceptors (Lipinski definition) is 1. The molecule has 2 N–H and O–H groups in total. The topological polar surface area (TPSA) is 36.4 Å². The van der Waals surface area contributed by atoms with Crippen LogP contribution in [0.2, 0.25) is 0 Å². The summed E-state index contributed by atoms with van der Waals surface area (Å²) in [5.74, 6) is 0.495. The van der Waals surface area contributed by atoms with Crippen LogP contribution in [0.25, 0.3) is 0 Å². The van der Waals surface area contributed by atoms with Crippen LogP contribution in [0.4, 0.5) is 4.39 Å². The lowest BCUT2D eigenvalue weighted by molar-refractivity contribution is 0.617. The van der Waals surface area contributed by atoms with Crippen LogP contribution in [-0.4, -0.2) is 19.6 Å². The number of benzene rings is 1.